The third-order valence-electron chi connectivity index (χ3n) is 2.47. The number of nitrogens with one attached hydrogen (secondary N) is 2. The lowest BCUT2D eigenvalue weighted by Gasteiger charge is -2.11. The number of benzene rings is 2. The summed E-state index contributed by atoms with van der Waals surface area (Å²) in [6, 6.07) is 12.2. The van der Waals surface area contributed by atoms with E-state index in [2.05, 4.69) is 33.2 Å². The minimum atomic E-state index is -0.273. The van der Waals surface area contributed by atoms with Crippen LogP contribution >= 0.6 is 58.0 Å². The third kappa shape index (κ3) is 4.81. The molecule has 0 spiro atoms. The molecular weight excluding hydrogens is 442 g/mol. The van der Waals surface area contributed by atoms with Crippen molar-refractivity contribution in [3.8, 4) is 0 Å². The zero-order valence-electron chi connectivity index (χ0n) is 10.5. The molecule has 0 aromatic heterocycles. The number of hydrogen-bond acceptors (Lipinski definition) is 2. The lowest BCUT2D eigenvalue weighted by Crippen LogP contribution is -2.34. The van der Waals surface area contributed by atoms with Crippen LogP contribution in [-0.4, -0.2) is 11.0 Å². The summed E-state index contributed by atoms with van der Waals surface area (Å²) in [5.74, 6) is -0.273. The number of carbonyl (C=O) groups excluding carboxylic acids is 1. The number of anilines is 1. The summed E-state index contributed by atoms with van der Waals surface area (Å²) in [7, 11) is 0. The minimum absolute atomic E-state index is 0.179. The molecule has 0 saturated heterocycles. The fourth-order valence-electron chi connectivity index (χ4n) is 1.60. The first kappa shape index (κ1) is 16.5. The van der Waals surface area contributed by atoms with E-state index in [-0.39, 0.29) is 11.0 Å². The summed E-state index contributed by atoms with van der Waals surface area (Å²) < 4.78 is 0.848. The molecule has 0 fully saturated rings. The molecular formula is C14H9Cl2IN2OS. The molecule has 2 rings (SSSR count). The lowest BCUT2D eigenvalue weighted by atomic mass is 10.2. The van der Waals surface area contributed by atoms with Gasteiger partial charge in [0.15, 0.2) is 5.11 Å². The number of hydrogen-bond donors (Lipinski definition) is 2. The van der Waals surface area contributed by atoms with Gasteiger partial charge in [-0.05, 0) is 65.1 Å². The molecule has 0 aliphatic heterocycles. The quantitative estimate of drug-likeness (QED) is 0.513. The topological polar surface area (TPSA) is 41.1 Å². The fraction of sp³-hybridized carbons (Fsp3) is 0. The number of thiocarbonyl (C=S) groups is 1. The highest BCUT2D eigenvalue weighted by Crippen LogP contribution is 2.22. The smallest absolute Gasteiger partial charge is 0.258 e. The molecule has 0 saturated carbocycles. The van der Waals surface area contributed by atoms with Crippen LogP contribution in [0.2, 0.25) is 10.0 Å². The maximum Gasteiger partial charge on any atom is 0.258 e. The molecule has 0 aliphatic rings. The highest BCUT2D eigenvalue weighted by Gasteiger charge is 2.11. The van der Waals surface area contributed by atoms with Crippen LogP contribution < -0.4 is 10.6 Å². The fourth-order valence-corrected chi connectivity index (χ4v) is 2.97. The van der Waals surface area contributed by atoms with Gasteiger partial charge in [0.1, 0.15) is 0 Å². The maximum absolute atomic E-state index is 12.1. The zero-order valence-corrected chi connectivity index (χ0v) is 15.0. The van der Waals surface area contributed by atoms with E-state index in [4.69, 9.17) is 35.4 Å². The summed E-state index contributed by atoms with van der Waals surface area (Å²) >= 11 is 19.0. The van der Waals surface area contributed by atoms with Crippen molar-refractivity contribution in [2.24, 2.45) is 0 Å². The van der Waals surface area contributed by atoms with Gasteiger partial charge in [-0.3, -0.25) is 10.1 Å². The van der Waals surface area contributed by atoms with Crippen molar-refractivity contribution in [2.75, 3.05) is 5.32 Å². The number of rotatable bonds is 2. The van der Waals surface area contributed by atoms with Crippen LogP contribution in [0.5, 0.6) is 0 Å². The van der Waals surface area contributed by atoms with Crippen LogP contribution in [0.15, 0.2) is 42.5 Å². The van der Waals surface area contributed by atoms with Gasteiger partial charge in [0.2, 0.25) is 0 Å². The second kappa shape index (κ2) is 7.40. The monoisotopic (exact) mass is 450 g/mol. The first-order chi connectivity index (χ1) is 9.95. The summed E-state index contributed by atoms with van der Waals surface area (Å²) in [4.78, 5) is 12.1. The van der Waals surface area contributed by atoms with Crippen LogP contribution in [-0.2, 0) is 0 Å². The van der Waals surface area contributed by atoms with Crippen molar-refractivity contribution in [3.63, 3.8) is 0 Å². The second-order valence-electron chi connectivity index (χ2n) is 4.05. The van der Waals surface area contributed by atoms with Gasteiger partial charge in [-0.2, -0.15) is 0 Å². The molecule has 0 bridgehead atoms. The molecule has 0 atom stereocenters. The van der Waals surface area contributed by atoms with E-state index in [9.17, 15) is 4.79 Å². The van der Waals surface area contributed by atoms with Crippen molar-refractivity contribution in [1.29, 1.82) is 0 Å². The molecule has 3 nitrogen and oxygen atoms in total. The van der Waals surface area contributed by atoms with E-state index >= 15 is 0 Å². The molecule has 2 aromatic carbocycles. The van der Waals surface area contributed by atoms with Crippen LogP contribution in [0, 0.1) is 3.57 Å². The molecule has 2 aromatic rings. The molecule has 0 aliphatic carbocycles. The van der Waals surface area contributed by atoms with Crippen LogP contribution in [0.1, 0.15) is 10.4 Å². The highest BCUT2D eigenvalue weighted by molar-refractivity contribution is 14.1. The predicted molar refractivity (Wildman–Crippen MR) is 99.3 cm³/mol. The van der Waals surface area contributed by atoms with Crippen LogP contribution in [0.4, 0.5) is 5.69 Å². The Morgan fingerprint density at radius 2 is 1.71 bits per heavy atom. The summed E-state index contributed by atoms with van der Waals surface area (Å²) in [5.41, 5.74) is 1.17. The van der Waals surface area contributed by atoms with Gasteiger partial charge in [-0.1, -0.05) is 35.3 Å². The molecule has 0 unspecified atom stereocenters. The van der Waals surface area contributed by atoms with Gasteiger partial charge in [-0.25, -0.2) is 0 Å². The van der Waals surface area contributed by atoms with Gasteiger partial charge in [0.05, 0.1) is 5.56 Å². The van der Waals surface area contributed by atoms with Gasteiger partial charge in [0, 0.05) is 19.3 Å². The standard InChI is InChI=1S/C14H9Cl2IN2OS/c15-8-5-9(16)7-10(6-8)18-14(21)19-13(20)11-3-1-2-4-12(11)17/h1-7H,(H2,18,19,20,21). The van der Waals surface area contributed by atoms with Crippen molar-refractivity contribution in [2.45, 2.75) is 0 Å². The average molecular weight is 451 g/mol. The molecule has 21 heavy (non-hydrogen) atoms. The Morgan fingerprint density at radius 1 is 1.10 bits per heavy atom. The first-order valence-corrected chi connectivity index (χ1v) is 8.03. The normalized spacial score (nSPS) is 10.0. The SMILES string of the molecule is O=C(NC(=S)Nc1cc(Cl)cc(Cl)c1)c1ccccc1I. The number of halogens is 3. The number of amides is 1. The van der Waals surface area contributed by atoms with E-state index in [1.165, 1.54) is 0 Å². The Labute approximate surface area is 151 Å². The van der Waals surface area contributed by atoms with Crippen LogP contribution in [0.3, 0.4) is 0 Å². The van der Waals surface area contributed by atoms with Gasteiger partial charge < -0.3 is 5.32 Å². The van der Waals surface area contributed by atoms with E-state index in [1.54, 1.807) is 30.3 Å². The summed E-state index contributed by atoms with van der Waals surface area (Å²) in [6.45, 7) is 0. The second-order valence-corrected chi connectivity index (χ2v) is 6.49. The van der Waals surface area contributed by atoms with Crippen molar-refractivity contribution < 1.29 is 4.79 Å². The Kier molecular flexibility index (Phi) is 5.80. The van der Waals surface area contributed by atoms with E-state index in [0.717, 1.165) is 3.57 Å². The van der Waals surface area contributed by atoms with Crippen molar-refractivity contribution in [1.82, 2.24) is 5.32 Å². The Morgan fingerprint density at radius 3 is 2.33 bits per heavy atom. The van der Waals surface area contributed by atoms with E-state index in [1.807, 2.05) is 12.1 Å². The minimum Gasteiger partial charge on any atom is -0.332 e. The zero-order chi connectivity index (χ0) is 15.4. The largest absolute Gasteiger partial charge is 0.332 e. The molecule has 7 heteroatoms. The van der Waals surface area contributed by atoms with E-state index < -0.39 is 0 Å². The third-order valence-corrected chi connectivity index (χ3v) is 4.05. The Bertz CT molecular complexity index is 689. The van der Waals surface area contributed by atoms with Gasteiger partial charge >= 0.3 is 0 Å². The molecule has 0 radical (unpaired) electrons. The molecule has 0 heterocycles. The highest BCUT2D eigenvalue weighted by atomic mass is 127. The number of carbonyl (C=O) groups is 1. The first-order valence-electron chi connectivity index (χ1n) is 5.78. The van der Waals surface area contributed by atoms with Crippen LogP contribution in [0.25, 0.3) is 0 Å². The summed E-state index contributed by atoms with van der Waals surface area (Å²) in [6.07, 6.45) is 0. The van der Waals surface area contributed by atoms with Crippen molar-refractivity contribution >= 4 is 74.7 Å². The van der Waals surface area contributed by atoms with Crippen molar-refractivity contribution in [3.05, 3.63) is 61.6 Å². The molecule has 108 valence electrons. The summed E-state index contributed by atoms with van der Waals surface area (Å²) in [5, 5.41) is 6.63. The van der Waals surface area contributed by atoms with Gasteiger partial charge in [0.25, 0.3) is 5.91 Å². The molecule has 2 N–H and O–H groups in total. The Balaban J connectivity index is 2.05. The average Bonchev–Trinajstić information content (AvgIpc) is 2.37. The predicted octanol–water partition coefficient (Wildman–Crippen LogP) is 4.72. The van der Waals surface area contributed by atoms with Gasteiger partial charge in [-0.15, -0.1) is 0 Å². The Hall–Kier alpha value is -0.890. The molecule has 1 amide bonds. The van der Waals surface area contributed by atoms with E-state index in [0.29, 0.717) is 21.3 Å². The maximum atomic E-state index is 12.1. The lowest BCUT2D eigenvalue weighted by molar-refractivity contribution is 0.0977.